The largest absolute Gasteiger partial charge is 0.354 e. The van der Waals surface area contributed by atoms with Gasteiger partial charge in [-0.2, -0.15) is 10.1 Å². The van der Waals surface area contributed by atoms with E-state index < -0.39 is 0 Å². The van der Waals surface area contributed by atoms with Crippen molar-refractivity contribution >= 4 is 17.0 Å². The maximum absolute atomic E-state index is 12.4. The van der Waals surface area contributed by atoms with Crippen molar-refractivity contribution in [2.45, 2.75) is 38.8 Å². The van der Waals surface area contributed by atoms with E-state index in [2.05, 4.69) is 63.6 Å². The average Bonchev–Trinajstić information content (AvgIpc) is 3.04. The number of aromatic nitrogens is 4. The molecule has 2 aromatic heterocycles. The van der Waals surface area contributed by atoms with E-state index in [1.165, 1.54) is 5.56 Å². The highest BCUT2D eigenvalue weighted by molar-refractivity contribution is 5.74. The number of nitrogens with zero attached hydrogens (tertiary/aromatic N) is 4. The molecule has 2 heterocycles. The van der Waals surface area contributed by atoms with Crippen molar-refractivity contribution in [1.29, 1.82) is 0 Å². The zero-order valence-electron chi connectivity index (χ0n) is 16.7. The number of fused-ring (bicyclic) bond motifs is 1. The highest BCUT2D eigenvalue weighted by Gasteiger charge is 2.20. The number of likely N-dealkylation sites (N-methyl/N-ethyl adjacent to an activating group) is 1. The predicted octanol–water partition coefficient (Wildman–Crippen LogP) is 2.46. The summed E-state index contributed by atoms with van der Waals surface area (Å²) < 4.78 is 1.79. The Balaban J connectivity index is 1.82. The summed E-state index contributed by atoms with van der Waals surface area (Å²) in [5.74, 6) is 0.471. The zero-order chi connectivity index (χ0) is 19.6. The van der Waals surface area contributed by atoms with Crippen LogP contribution in [0.4, 0.5) is 5.95 Å². The third-order valence-electron chi connectivity index (χ3n) is 4.62. The number of rotatable bonds is 6. The smallest absolute Gasteiger partial charge is 0.263 e. The summed E-state index contributed by atoms with van der Waals surface area (Å²) in [6.45, 7) is 6.78. The first-order valence-corrected chi connectivity index (χ1v) is 9.18. The van der Waals surface area contributed by atoms with Gasteiger partial charge in [-0.25, -0.2) is 4.68 Å². The lowest BCUT2D eigenvalue weighted by atomic mass is 10.1. The number of hydrogen-bond donors (Lipinski definition) is 2. The van der Waals surface area contributed by atoms with Gasteiger partial charge >= 0.3 is 0 Å². The van der Waals surface area contributed by atoms with Gasteiger partial charge in [0, 0.05) is 12.6 Å². The Labute approximate surface area is 159 Å². The van der Waals surface area contributed by atoms with Crippen molar-refractivity contribution in [3.8, 4) is 0 Å². The van der Waals surface area contributed by atoms with Crippen LogP contribution in [0.1, 0.15) is 26.3 Å². The highest BCUT2D eigenvalue weighted by atomic mass is 16.1. The first kappa shape index (κ1) is 19.1. The number of H-pyrrole nitrogens is 1. The molecular formula is C20H28N6O. The van der Waals surface area contributed by atoms with E-state index in [4.69, 9.17) is 0 Å². The number of anilines is 1. The molecule has 2 N–H and O–H groups in total. The van der Waals surface area contributed by atoms with Gasteiger partial charge in [0.2, 0.25) is 5.95 Å². The number of hydrogen-bond acceptors (Lipinski definition) is 5. The molecule has 0 radical (unpaired) electrons. The summed E-state index contributed by atoms with van der Waals surface area (Å²) in [5.41, 5.74) is 1.45. The molecule has 3 aromatic rings. The Kier molecular flexibility index (Phi) is 5.32. The molecule has 0 saturated heterocycles. The number of nitrogens with one attached hydrogen (secondary N) is 2. The second-order valence-corrected chi connectivity index (χ2v) is 8.07. The minimum absolute atomic E-state index is 0.178. The van der Waals surface area contributed by atoms with Gasteiger partial charge in [-0.1, -0.05) is 30.3 Å². The Hall–Kier alpha value is -2.67. The second kappa shape index (κ2) is 7.52. The molecule has 3 rings (SSSR count). The molecule has 0 aliphatic rings. The topological polar surface area (TPSA) is 78.8 Å². The van der Waals surface area contributed by atoms with Crippen LogP contribution >= 0.6 is 0 Å². The molecule has 0 aliphatic heterocycles. The lowest BCUT2D eigenvalue weighted by Gasteiger charge is -2.25. The summed E-state index contributed by atoms with van der Waals surface area (Å²) in [7, 11) is 4.12. The molecule has 0 amide bonds. The average molecular weight is 368 g/mol. The standard InChI is InChI=1S/C20H28N6O/c1-20(2,3)26-17-16(13-22-26)18(27)24-19(23-17)21-12-15(25(4)5)11-14-9-7-6-8-10-14/h6-10,13,15H,11-12H2,1-5H3,(H2,21,23,24,27). The Morgan fingerprint density at radius 3 is 2.56 bits per heavy atom. The quantitative estimate of drug-likeness (QED) is 0.699. The molecule has 7 nitrogen and oxygen atoms in total. The Bertz CT molecular complexity index is 952. The minimum atomic E-state index is -0.251. The normalized spacial score (nSPS) is 13.3. The van der Waals surface area contributed by atoms with Gasteiger partial charge in [0.05, 0.1) is 11.7 Å². The van der Waals surface area contributed by atoms with Crippen molar-refractivity contribution in [2.24, 2.45) is 0 Å². The minimum Gasteiger partial charge on any atom is -0.354 e. The zero-order valence-corrected chi connectivity index (χ0v) is 16.7. The molecule has 0 saturated carbocycles. The van der Waals surface area contributed by atoms with E-state index in [9.17, 15) is 4.79 Å². The van der Waals surface area contributed by atoms with Crippen LogP contribution in [0.3, 0.4) is 0 Å². The van der Waals surface area contributed by atoms with E-state index in [1.54, 1.807) is 10.9 Å². The van der Waals surface area contributed by atoms with Crippen LogP contribution in [0, 0.1) is 0 Å². The van der Waals surface area contributed by atoms with Gasteiger partial charge in [-0.15, -0.1) is 0 Å². The van der Waals surface area contributed by atoms with Gasteiger partial charge in [-0.05, 0) is 46.9 Å². The fraction of sp³-hybridized carbons (Fsp3) is 0.450. The van der Waals surface area contributed by atoms with Gasteiger partial charge in [0.15, 0.2) is 5.65 Å². The third-order valence-corrected chi connectivity index (χ3v) is 4.62. The molecule has 1 aromatic carbocycles. The summed E-state index contributed by atoms with van der Waals surface area (Å²) in [4.78, 5) is 22.0. The van der Waals surface area contributed by atoms with Crippen LogP contribution in [0.5, 0.6) is 0 Å². The Morgan fingerprint density at radius 2 is 1.93 bits per heavy atom. The first-order valence-electron chi connectivity index (χ1n) is 9.18. The van der Waals surface area contributed by atoms with Gasteiger partial charge < -0.3 is 10.2 Å². The highest BCUT2D eigenvalue weighted by Crippen LogP contribution is 2.18. The summed E-state index contributed by atoms with van der Waals surface area (Å²) >= 11 is 0. The van der Waals surface area contributed by atoms with Crippen LogP contribution < -0.4 is 10.9 Å². The Morgan fingerprint density at radius 1 is 1.22 bits per heavy atom. The maximum Gasteiger partial charge on any atom is 0.263 e. The fourth-order valence-corrected chi connectivity index (χ4v) is 3.03. The molecule has 0 aliphatic carbocycles. The van der Waals surface area contributed by atoms with Gasteiger partial charge in [0.25, 0.3) is 5.56 Å². The van der Waals surface area contributed by atoms with Crippen molar-refractivity contribution in [2.75, 3.05) is 26.0 Å². The molecule has 1 unspecified atom stereocenters. The van der Waals surface area contributed by atoms with Gasteiger partial charge in [-0.3, -0.25) is 9.78 Å². The van der Waals surface area contributed by atoms with E-state index in [0.717, 1.165) is 6.42 Å². The van der Waals surface area contributed by atoms with Crippen LogP contribution in [0.25, 0.3) is 11.0 Å². The number of benzene rings is 1. The van der Waals surface area contributed by atoms with E-state index in [0.29, 0.717) is 23.5 Å². The maximum atomic E-state index is 12.4. The van der Waals surface area contributed by atoms with Crippen molar-refractivity contribution in [3.63, 3.8) is 0 Å². The molecular weight excluding hydrogens is 340 g/mol. The monoisotopic (exact) mass is 368 g/mol. The van der Waals surface area contributed by atoms with Crippen LogP contribution in [-0.4, -0.2) is 51.3 Å². The van der Waals surface area contributed by atoms with Crippen LogP contribution in [0.15, 0.2) is 41.3 Å². The molecule has 144 valence electrons. The van der Waals surface area contributed by atoms with Crippen LogP contribution in [-0.2, 0) is 12.0 Å². The van der Waals surface area contributed by atoms with Crippen molar-refractivity contribution < 1.29 is 0 Å². The SMILES string of the molecule is CN(C)C(CNc1nc2c(cnn2C(C)(C)C)c(=O)[nH]1)Cc1ccccc1. The summed E-state index contributed by atoms with van der Waals surface area (Å²) in [6, 6.07) is 10.6. The molecule has 27 heavy (non-hydrogen) atoms. The first-order chi connectivity index (χ1) is 12.8. The van der Waals surface area contributed by atoms with E-state index in [-0.39, 0.29) is 17.1 Å². The molecule has 0 bridgehead atoms. The predicted molar refractivity (Wildman–Crippen MR) is 109 cm³/mol. The van der Waals surface area contributed by atoms with E-state index in [1.807, 2.05) is 26.8 Å². The summed E-state index contributed by atoms with van der Waals surface area (Å²) in [6.07, 6.45) is 2.49. The second-order valence-electron chi connectivity index (χ2n) is 8.07. The van der Waals surface area contributed by atoms with Crippen molar-refractivity contribution in [1.82, 2.24) is 24.6 Å². The number of aromatic amines is 1. The summed E-state index contributed by atoms with van der Waals surface area (Å²) in [5, 5.41) is 8.15. The van der Waals surface area contributed by atoms with Crippen LogP contribution in [0.2, 0.25) is 0 Å². The third kappa shape index (κ3) is 4.36. The van der Waals surface area contributed by atoms with Gasteiger partial charge in [0.1, 0.15) is 5.39 Å². The lowest BCUT2D eigenvalue weighted by molar-refractivity contribution is 0.303. The lowest BCUT2D eigenvalue weighted by Crippen LogP contribution is -2.37. The fourth-order valence-electron chi connectivity index (χ4n) is 3.03. The molecule has 0 fully saturated rings. The molecule has 1 atom stereocenters. The van der Waals surface area contributed by atoms with Crippen molar-refractivity contribution in [3.05, 3.63) is 52.4 Å². The van der Waals surface area contributed by atoms with E-state index >= 15 is 0 Å². The molecule has 0 spiro atoms. The molecule has 7 heteroatoms.